The smallest absolute Gasteiger partial charge is 0.207 e. The summed E-state index contributed by atoms with van der Waals surface area (Å²) >= 11 is 0. The highest BCUT2D eigenvalue weighted by molar-refractivity contribution is 5.79. The number of fused-ring (bicyclic) bond motifs is 2. The van der Waals surface area contributed by atoms with Crippen LogP contribution in [0.15, 0.2) is 47.4 Å². The van der Waals surface area contributed by atoms with Gasteiger partial charge in [-0.05, 0) is 44.0 Å². The summed E-state index contributed by atoms with van der Waals surface area (Å²) in [5, 5.41) is 0.646. The zero-order valence-electron chi connectivity index (χ0n) is 12.4. The van der Waals surface area contributed by atoms with E-state index in [1.54, 1.807) is 12.3 Å². The van der Waals surface area contributed by atoms with E-state index in [0.717, 1.165) is 24.1 Å². The minimum Gasteiger partial charge on any atom is -0.478 e. The van der Waals surface area contributed by atoms with Crippen molar-refractivity contribution in [1.82, 2.24) is 9.55 Å². The predicted octanol–water partition coefficient (Wildman–Crippen LogP) is 3.02. The maximum absolute atomic E-state index is 12.7. The third-order valence-corrected chi connectivity index (χ3v) is 4.08. The van der Waals surface area contributed by atoms with Crippen molar-refractivity contribution in [3.8, 4) is 11.6 Å². The van der Waals surface area contributed by atoms with Crippen molar-refractivity contribution in [1.29, 1.82) is 0 Å². The second-order valence-corrected chi connectivity index (χ2v) is 5.61. The minimum atomic E-state index is 0.0427. The van der Waals surface area contributed by atoms with Crippen molar-refractivity contribution in [2.75, 3.05) is 6.61 Å². The average molecular weight is 292 g/mol. The number of rotatable bonds is 1. The van der Waals surface area contributed by atoms with E-state index in [-0.39, 0.29) is 5.43 Å². The predicted molar refractivity (Wildman–Crippen MR) is 85.9 cm³/mol. The number of aromatic nitrogens is 2. The van der Waals surface area contributed by atoms with Gasteiger partial charge in [-0.3, -0.25) is 9.36 Å². The number of hydrogen-bond acceptors (Lipinski definition) is 3. The van der Waals surface area contributed by atoms with E-state index in [2.05, 4.69) is 24.0 Å². The Balaban J connectivity index is 2.14. The molecule has 0 radical (unpaired) electrons. The molecule has 0 N–H and O–H groups in total. The van der Waals surface area contributed by atoms with Gasteiger partial charge in [0.2, 0.25) is 5.88 Å². The Kier molecular flexibility index (Phi) is 2.96. The Labute approximate surface area is 128 Å². The fraction of sp³-hybridized carbons (Fsp3) is 0.222. The molecule has 110 valence electrons. The van der Waals surface area contributed by atoms with Gasteiger partial charge in [0, 0.05) is 6.20 Å². The zero-order valence-corrected chi connectivity index (χ0v) is 12.4. The molecule has 22 heavy (non-hydrogen) atoms. The number of ether oxygens (including phenoxy) is 1. The molecule has 0 spiro atoms. The Morgan fingerprint density at radius 1 is 1.18 bits per heavy atom. The monoisotopic (exact) mass is 292 g/mol. The fourth-order valence-corrected chi connectivity index (χ4v) is 2.97. The first kappa shape index (κ1) is 13.1. The van der Waals surface area contributed by atoms with Crippen LogP contribution in [0.5, 0.6) is 5.88 Å². The van der Waals surface area contributed by atoms with E-state index in [9.17, 15) is 4.79 Å². The molecule has 4 heteroatoms. The highest BCUT2D eigenvalue weighted by Gasteiger charge is 2.22. The first-order chi connectivity index (χ1) is 10.8. The summed E-state index contributed by atoms with van der Waals surface area (Å²) in [5.41, 5.74) is 3.61. The van der Waals surface area contributed by atoms with Crippen LogP contribution in [0.4, 0.5) is 0 Å². The molecular weight excluding hydrogens is 276 g/mol. The average Bonchev–Trinajstić information content (AvgIpc) is 2.57. The lowest BCUT2D eigenvalue weighted by Gasteiger charge is -2.23. The lowest BCUT2D eigenvalue weighted by molar-refractivity contribution is 0.270. The van der Waals surface area contributed by atoms with Crippen molar-refractivity contribution in [2.45, 2.75) is 19.8 Å². The van der Waals surface area contributed by atoms with Crippen molar-refractivity contribution < 1.29 is 4.74 Å². The van der Waals surface area contributed by atoms with Crippen LogP contribution < -0.4 is 10.2 Å². The van der Waals surface area contributed by atoms with Crippen LogP contribution in [0.2, 0.25) is 0 Å². The van der Waals surface area contributed by atoms with Gasteiger partial charge in [0.15, 0.2) is 11.1 Å². The molecule has 0 aliphatic carbocycles. The molecule has 1 aromatic carbocycles. The molecule has 1 aliphatic rings. The molecule has 1 aliphatic heterocycles. The Bertz CT molecular complexity index is 911. The van der Waals surface area contributed by atoms with Gasteiger partial charge in [-0.15, -0.1) is 0 Å². The maximum Gasteiger partial charge on any atom is 0.207 e. The third-order valence-electron chi connectivity index (χ3n) is 4.08. The molecule has 0 unspecified atom stereocenters. The third kappa shape index (κ3) is 1.91. The van der Waals surface area contributed by atoms with E-state index in [1.807, 2.05) is 22.8 Å². The maximum atomic E-state index is 12.7. The zero-order chi connectivity index (χ0) is 15.1. The van der Waals surface area contributed by atoms with Gasteiger partial charge >= 0.3 is 0 Å². The Morgan fingerprint density at radius 2 is 2.00 bits per heavy atom. The minimum absolute atomic E-state index is 0.0427. The summed E-state index contributed by atoms with van der Waals surface area (Å²) in [6.45, 7) is 2.69. The summed E-state index contributed by atoms with van der Waals surface area (Å²) < 4.78 is 7.81. The van der Waals surface area contributed by atoms with Crippen molar-refractivity contribution in [2.24, 2.45) is 0 Å². The van der Waals surface area contributed by atoms with Crippen LogP contribution >= 0.6 is 0 Å². The van der Waals surface area contributed by atoms with Gasteiger partial charge in [0.25, 0.3) is 0 Å². The second-order valence-electron chi connectivity index (χ2n) is 5.61. The van der Waals surface area contributed by atoms with Gasteiger partial charge < -0.3 is 4.74 Å². The van der Waals surface area contributed by atoms with E-state index in [1.165, 1.54) is 5.56 Å². The number of hydrogen-bond donors (Lipinski definition) is 0. The molecule has 2 aromatic heterocycles. The largest absolute Gasteiger partial charge is 0.478 e. The molecule has 3 aromatic rings. The number of benzene rings is 1. The molecule has 0 saturated heterocycles. The molecule has 4 nitrogen and oxygen atoms in total. The van der Waals surface area contributed by atoms with Gasteiger partial charge in [0.05, 0.1) is 23.2 Å². The summed E-state index contributed by atoms with van der Waals surface area (Å²) in [5.74, 6) is 0.645. The molecule has 4 rings (SSSR count). The SMILES string of the molecule is Cc1ccc(-n2c3c(c(=O)c4cccnc42)CCCO3)cc1. The topological polar surface area (TPSA) is 44.1 Å². The quantitative estimate of drug-likeness (QED) is 0.692. The van der Waals surface area contributed by atoms with Crippen molar-refractivity contribution >= 4 is 11.0 Å². The highest BCUT2D eigenvalue weighted by atomic mass is 16.5. The number of aryl methyl sites for hydroxylation is 1. The summed E-state index contributed by atoms with van der Waals surface area (Å²) in [4.78, 5) is 17.1. The van der Waals surface area contributed by atoms with E-state index in [0.29, 0.717) is 23.5 Å². The van der Waals surface area contributed by atoms with E-state index >= 15 is 0 Å². The standard InChI is InChI=1S/C18H16N2O2/c1-12-6-8-13(9-7-12)20-17-14(4-2-10-19-17)16(21)15-5-3-11-22-18(15)20/h2,4,6-10H,3,5,11H2,1H3. The summed E-state index contributed by atoms with van der Waals surface area (Å²) in [6.07, 6.45) is 3.34. The molecule has 0 amide bonds. The van der Waals surface area contributed by atoms with Gasteiger partial charge in [-0.1, -0.05) is 17.7 Å². The van der Waals surface area contributed by atoms with Crippen LogP contribution in [0.3, 0.4) is 0 Å². The van der Waals surface area contributed by atoms with Crippen LogP contribution in [0.1, 0.15) is 17.5 Å². The lowest BCUT2D eigenvalue weighted by atomic mass is 10.1. The molecule has 0 bridgehead atoms. The molecular formula is C18H16N2O2. The molecule has 0 atom stereocenters. The second kappa shape index (κ2) is 4.98. The number of nitrogens with zero attached hydrogens (tertiary/aromatic N) is 2. The molecule has 3 heterocycles. The normalized spacial score (nSPS) is 13.7. The van der Waals surface area contributed by atoms with Gasteiger partial charge in [0.1, 0.15) is 0 Å². The van der Waals surface area contributed by atoms with Crippen molar-refractivity contribution in [3.05, 3.63) is 63.9 Å². The first-order valence-electron chi connectivity index (χ1n) is 7.48. The molecule has 0 saturated carbocycles. The van der Waals surface area contributed by atoms with Gasteiger partial charge in [-0.2, -0.15) is 0 Å². The Hall–Kier alpha value is -2.62. The lowest BCUT2D eigenvalue weighted by Crippen LogP contribution is -2.23. The highest BCUT2D eigenvalue weighted by Crippen LogP contribution is 2.29. The van der Waals surface area contributed by atoms with Crippen LogP contribution in [-0.2, 0) is 6.42 Å². The van der Waals surface area contributed by atoms with Crippen LogP contribution in [0, 0.1) is 6.92 Å². The first-order valence-corrected chi connectivity index (χ1v) is 7.48. The van der Waals surface area contributed by atoms with Crippen LogP contribution in [-0.4, -0.2) is 16.2 Å². The summed E-state index contributed by atoms with van der Waals surface area (Å²) in [7, 11) is 0. The van der Waals surface area contributed by atoms with E-state index in [4.69, 9.17) is 4.74 Å². The molecule has 0 fully saturated rings. The van der Waals surface area contributed by atoms with E-state index < -0.39 is 0 Å². The summed E-state index contributed by atoms with van der Waals surface area (Å²) in [6, 6.07) is 11.8. The van der Waals surface area contributed by atoms with Crippen molar-refractivity contribution in [3.63, 3.8) is 0 Å². The van der Waals surface area contributed by atoms with Gasteiger partial charge in [-0.25, -0.2) is 4.98 Å². The Morgan fingerprint density at radius 3 is 2.82 bits per heavy atom. The van der Waals surface area contributed by atoms with Crippen LogP contribution in [0.25, 0.3) is 16.7 Å². The fourth-order valence-electron chi connectivity index (χ4n) is 2.97. The number of pyridine rings is 2.